The van der Waals surface area contributed by atoms with Crippen LogP contribution in [0.4, 0.5) is 4.79 Å². The van der Waals surface area contributed by atoms with E-state index in [1.165, 1.54) is 11.8 Å². The second-order valence-corrected chi connectivity index (χ2v) is 4.59. The Morgan fingerprint density at radius 1 is 1.36 bits per heavy atom. The Hall–Kier alpha value is -1.06. The van der Waals surface area contributed by atoms with Gasteiger partial charge >= 0.3 is 6.09 Å². The lowest BCUT2D eigenvalue weighted by Crippen LogP contribution is -2.55. The molecule has 0 aromatic carbocycles. The van der Waals surface area contributed by atoms with Crippen LogP contribution in [-0.4, -0.2) is 35.0 Å². The molecule has 0 unspecified atom stereocenters. The van der Waals surface area contributed by atoms with Gasteiger partial charge in [0.1, 0.15) is 5.60 Å². The van der Waals surface area contributed by atoms with Gasteiger partial charge in [-0.05, 0) is 34.1 Å². The van der Waals surface area contributed by atoms with Gasteiger partial charge in [-0.25, -0.2) is 4.79 Å². The second-order valence-electron chi connectivity index (χ2n) is 4.59. The standard InChI is InChI=1S/C10H17NO3/c1-7(12)8-5-6-11(8)9(13)14-10(2,3)4/h8H,5-6H2,1-4H3/t8-/m1/s1. The third kappa shape index (κ3) is 2.47. The van der Waals surface area contributed by atoms with Gasteiger partial charge in [-0.15, -0.1) is 0 Å². The number of nitrogens with zero attached hydrogens (tertiary/aromatic N) is 1. The van der Waals surface area contributed by atoms with Crippen molar-refractivity contribution in [2.24, 2.45) is 0 Å². The van der Waals surface area contributed by atoms with Crippen LogP contribution in [0.25, 0.3) is 0 Å². The summed E-state index contributed by atoms with van der Waals surface area (Å²) in [4.78, 5) is 24.0. The summed E-state index contributed by atoms with van der Waals surface area (Å²) in [6.07, 6.45) is 0.373. The van der Waals surface area contributed by atoms with Gasteiger partial charge in [-0.1, -0.05) is 0 Å². The third-order valence-corrected chi connectivity index (χ3v) is 2.12. The average molecular weight is 199 g/mol. The molecule has 0 aromatic rings. The molecule has 80 valence electrons. The van der Waals surface area contributed by atoms with E-state index in [1.54, 1.807) is 0 Å². The number of amides is 1. The molecule has 1 aliphatic rings. The van der Waals surface area contributed by atoms with E-state index in [2.05, 4.69) is 0 Å². The molecule has 0 bridgehead atoms. The summed E-state index contributed by atoms with van der Waals surface area (Å²) in [5.41, 5.74) is -0.492. The van der Waals surface area contributed by atoms with Gasteiger partial charge in [0.15, 0.2) is 5.78 Å². The summed E-state index contributed by atoms with van der Waals surface area (Å²) < 4.78 is 5.16. The van der Waals surface area contributed by atoms with Crippen LogP contribution < -0.4 is 0 Å². The van der Waals surface area contributed by atoms with E-state index in [-0.39, 0.29) is 17.9 Å². The van der Waals surface area contributed by atoms with Gasteiger partial charge in [-0.2, -0.15) is 0 Å². The lowest BCUT2D eigenvalue weighted by atomic mass is 10.0. The van der Waals surface area contributed by atoms with Crippen LogP contribution in [0, 0.1) is 0 Å². The molecule has 14 heavy (non-hydrogen) atoms. The molecule has 1 heterocycles. The molecule has 1 rings (SSSR count). The Labute approximate surface area is 84.2 Å². The van der Waals surface area contributed by atoms with Gasteiger partial charge in [0.25, 0.3) is 0 Å². The summed E-state index contributed by atoms with van der Waals surface area (Å²) in [5, 5.41) is 0. The molecule has 1 saturated heterocycles. The normalized spacial score (nSPS) is 21.4. The Bertz CT molecular complexity index is 255. The van der Waals surface area contributed by atoms with Gasteiger partial charge in [0.2, 0.25) is 0 Å². The van der Waals surface area contributed by atoms with Gasteiger partial charge < -0.3 is 4.74 Å². The molecule has 4 nitrogen and oxygen atoms in total. The molecule has 0 radical (unpaired) electrons. The summed E-state index contributed by atoms with van der Waals surface area (Å²) in [5.74, 6) is 0.0297. The molecular weight excluding hydrogens is 182 g/mol. The minimum Gasteiger partial charge on any atom is -0.444 e. The van der Waals surface area contributed by atoms with Gasteiger partial charge in [0.05, 0.1) is 6.04 Å². The molecular formula is C10H17NO3. The van der Waals surface area contributed by atoms with Crippen molar-refractivity contribution >= 4 is 11.9 Å². The second kappa shape index (κ2) is 3.59. The summed E-state index contributed by atoms with van der Waals surface area (Å²) in [6.45, 7) is 7.56. The van der Waals surface area contributed by atoms with Crippen molar-refractivity contribution in [3.63, 3.8) is 0 Å². The number of likely N-dealkylation sites (tertiary alicyclic amines) is 1. The minimum atomic E-state index is -0.492. The SMILES string of the molecule is CC(=O)[C@H]1CCN1C(=O)OC(C)(C)C. The highest BCUT2D eigenvalue weighted by molar-refractivity contribution is 5.87. The largest absolute Gasteiger partial charge is 0.444 e. The zero-order valence-corrected chi connectivity index (χ0v) is 9.16. The molecule has 1 atom stereocenters. The molecule has 0 spiro atoms. The van der Waals surface area contributed by atoms with Crippen LogP contribution in [0.15, 0.2) is 0 Å². The number of Topliss-reactive ketones (excluding diaryl/α,β-unsaturated/α-hetero) is 1. The lowest BCUT2D eigenvalue weighted by molar-refractivity contribution is -0.126. The maximum absolute atomic E-state index is 11.5. The predicted molar refractivity (Wildman–Crippen MR) is 52.0 cm³/mol. The number of hydrogen-bond donors (Lipinski definition) is 0. The van der Waals surface area contributed by atoms with Gasteiger partial charge in [-0.3, -0.25) is 9.69 Å². The van der Waals surface area contributed by atoms with E-state index in [9.17, 15) is 9.59 Å². The number of rotatable bonds is 1. The molecule has 4 heteroatoms. The predicted octanol–water partition coefficient (Wildman–Crippen LogP) is 1.58. The highest BCUT2D eigenvalue weighted by Crippen LogP contribution is 2.21. The maximum Gasteiger partial charge on any atom is 0.410 e. The minimum absolute atomic E-state index is 0.0297. The highest BCUT2D eigenvalue weighted by atomic mass is 16.6. The Balaban J connectivity index is 2.51. The first-order valence-electron chi connectivity index (χ1n) is 4.81. The van der Waals surface area contributed by atoms with E-state index in [0.29, 0.717) is 6.54 Å². The first kappa shape index (κ1) is 11.0. The van der Waals surface area contributed by atoms with Crippen molar-refractivity contribution in [2.45, 2.75) is 45.8 Å². The van der Waals surface area contributed by atoms with E-state index >= 15 is 0 Å². The molecule has 1 fully saturated rings. The summed E-state index contributed by atoms with van der Waals surface area (Å²) in [7, 11) is 0. The van der Waals surface area contributed by atoms with Gasteiger partial charge in [0, 0.05) is 6.54 Å². The van der Waals surface area contributed by atoms with Crippen LogP contribution in [0.1, 0.15) is 34.1 Å². The van der Waals surface area contributed by atoms with Crippen molar-refractivity contribution < 1.29 is 14.3 Å². The zero-order chi connectivity index (χ0) is 10.9. The Morgan fingerprint density at radius 3 is 2.21 bits per heavy atom. The fraction of sp³-hybridized carbons (Fsp3) is 0.800. The molecule has 0 aliphatic carbocycles. The number of ether oxygens (including phenoxy) is 1. The monoisotopic (exact) mass is 199 g/mol. The summed E-state index contributed by atoms with van der Waals surface area (Å²) >= 11 is 0. The number of carbonyl (C=O) groups is 2. The van der Waals surface area contributed by atoms with Crippen LogP contribution in [0.2, 0.25) is 0 Å². The van der Waals surface area contributed by atoms with E-state index in [4.69, 9.17) is 4.74 Å². The Morgan fingerprint density at radius 2 is 1.93 bits per heavy atom. The number of ketones is 1. The lowest BCUT2D eigenvalue weighted by Gasteiger charge is -2.39. The highest BCUT2D eigenvalue weighted by Gasteiger charge is 2.37. The number of carbonyl (C=O) groups excluding carboxylic acids is 2. The zero-order valence-electron chi connectivity index (χ0n) is 9.16. The first-order valence-corrected chi connectivity index (χ1v) is 4.81. The first-order chi connectivity index (χ1) is 6.31. The van der Waals surface area contributed by atoms with E-state index in [0.717, 1.165) is 6.42 Å². The van der Waals surface area contributed by atoms with Crippen molar-refractivity contribution in [1.29, 1.82) is 0 Å². The Kier molecular flexibility index (Phi) is 2.83. The summed E-state index contributed by atoms with van der Waals surface area (Å²) in [6, 6.07) is -0.259. The topological polar surface area (TPSA) is 46.6 Å². The third-order valence-electron chi connectivity index (χ3n) is 2.12. The van der Waals surface area contributed by atoms with Crippen LogP contribution in [0.3, 0.4) is 0 Å². The van der Waals surface area contributed by atoms with Crippen LogP contribution in [0.5, 0.6) is 0 Å². The fourth-order valence-electron chi connectivity index (χ4n) is 1.35. The van der Waals surface area contributed by atoms with Crippen molar-refractivity contribution in [3.05, 3.63) is 0 Å². The number of hydrogen-bond acceptors (Lipinski definition) is 3. The quantitative estimate of drug-likeness (QED) is 0.644. The molecule has 1 aliphatic heterocycles. The fourth-order valence-corrected chi connectivity index (χ4v) is 1.35. The van der Waals surface area contributed by atoms with E-state index < -0.39 is 5.60 Å². The maximum atomic E-state index is 11.5. The van der Waals surface area contributed by atoms with Crippen molar-refractivity contribution in [1.82, 2.24) is 4.90 Å². The van der Waals surface area contributed by atoms with Crippen molar-refractivity contribution in [2.75, 3.05) is 6.54 Å². The smallest absolute Gasteiger partial charge is 0.410 e. The molecule has 0 aromatic heterocycles. The molecule has 0 N–H and O–H groups in total. The van der Waals surface area contributed by atoms with E-state index in [1.807, 2.05) is 20.8 Å². The van der Waals surface area contributed by atoms with Crippen LogP contribution in [-0.2, 0) is 9.53 Å². The molecule has 1 amide bonds. The van der Waals surface area contributed by atoms with Crippen molar-refractivity contribution in [3.8, 4) is 0 Å². The van der Waals surface area contributed by atoms with Crippen LogP contribution >= 0.6 is 0 Å². The molecule has 0 saturated carbocycles. The average Bonchev–Trinajstić information content (AvgIpc) is 1.75.